The van der Waals surface area contributed by atoms with E-state index in [1.54, 1.807) is 6.92 Å². The Morgan fingerprint density at radius 1 is 1.05 bits per heavy atom. The molecule has 2 saturated heterocycles. The van der Waals surface area contributed by atoms with E-state index in [-0.39, 0.29) is 46.2 Å². The Morgan fingerprint density at radius 3 is 2.44 bits per heavy atom. The molecule has 0 saturated carbocycles. The summed E-state index contributed by atoms with van der Waals surface area (Å²) in [5.74, 6) is -6.00. The summed E-state index contributed by atoms with van der Waals surface area (Å²) in [5, 5.41) is 74.5. The SMILES string of the molecule is COc1cccc2c1C(=O)c1c(O)c3c(c(O)c1C2=O)C[C@@](O)(/C(CO)=N/NC(=O)c1cc(N2C(=O)C=CC2=O)ccc1[N+](=O)[O-])C[C@@H]3O[C@H]1CC(N2CCO[C@@H](C)C2)[C@H](O)[C@H](C)O1. The number of hydrazone groups is 1. The minimum absolute atomic E-state index is 0.0323. The van der Waals surface area contributed by atoms with Gasteiger partial charge in [-0.15, -0.1) is 0 Å². The Kier molecular flexibility index (Phi) is 11.7. The van der Waals surface area contributed by atoms with Gasteiger partial charge in [0.05, 0.1) is 77.8 Å². The number of imide groups is 1. The second-order valence-corrected chi connectivity index (χ2v) is 16.1. The standard InChI is InChI=1S/C43H43N5O16/c1-19-17-46(11-12-62-19)26-14-32(63-20(2)37(26)52)64-28-16-43(58,15-24-34(28)41(56)36-35(39(24)54)38(53)22-5-4-6-27(61-3)33(22)40(36)55)29(18-49)44-45-42(57)23-13-21(7-8-25(23)48(59)60)47-30(50)9-10-31(47)51/h4-10,13,19-20,26,28,32,37,49,52,54,56,58H,11-12,14-18H2,1-3H3,(H,45,57)/b44-29+/t19-,20-,26?,28-,32-,37+,43-/m0/s1. The third-order valence-corrected chi connectivity index (χ3v) is 12.3. The first-order valence-electron chi connectivity index (χ1n) is 20.2. The van der Waals surface area contributed by atoms with Crippen LogP contribution in [0.15, 0.2) is 53.7 Å². The van der Waals surface area contributed by atoms with Crippen molar-refractivity contribution in [3.8, 4) is 17.2 Å². The molecule has 336 valence electrons. The molecule has 7 atom stereocenters. The van der Waals surface area contributed by atoms with Gasteiger partial charge in [-0.3, -0.25) is 39.0 Å². The number of aromatic hydroxyl groups is 2. The van der Waals surface area contributed by atoms with E-state index in [1.807, 2.05) is 11.8 Å². The van der Waals surface area contributed by atoms with Crippen molar-refractivity contribution in [2.75, 3.05) is 38.3 Å². The number of phenolic OH excluding ortho intramolecular Hbond substituents is 2. The molecule has 2 aliphatic carbocycles. The van der Waals surface area contributed by atoms with E-state index >= 15 is 0 Å². The third-order valence-electron chi connectivity index (χ3n) is 12.3. The lowest BCUT2D eigenvalue weighted by Gasteiger charge is -2.47. The van der Waals surface area contributed by atoms with Crippen LogP contribution in [0.5, 0.6) is 17.2 Å². The first-order valence-corrected chi connectivity index (χ1v) is 20.2. The maximum absolute atomic E-state index is 14.2. The molecule has 21 nitrogen and oxygen atoms in total. The number of aliphatic hydroxyl groups excluding tert-OH is 2. The summed E-state index contributed by atoms with van der Waals surface area (Å²) < 4.78 is 23.7. The topological polar surface area (TPSA) is 297 Å². The maximum atomic E-state index is 14.2. The van der Waals surface area contributed by atoms with E-state index in [0.717, 1.165) is 30.4 Å². The first-order chi connectivity index (χ1) is 30.5. The molecule has 0 radical (unpaired) electrons. The number of nitrogens with zero attached hydrogens (tertiary/aromatic N) is 4. The highest BCUT2D eigenvalue weighted by atomic mass is 16.7. The average Bonchev–Trinajstić information content (AvgIpc) is 3.61. The summed E-state index contributed by atoms with van der Waals surface area (Å²) in [5.41, 5.74) is -4.35. The van der Waals surface area contributed by atoms with Gasteiger partial charge in [-0.2, -0.15) is 5.10 Å². The van der Waals surface area contributed by atoms with Crippen LogP contribution < -0.4 is 15.1 Å². The van der Waals surface area contributed by atoms with Crippen molar-refractivity contribution in [3.05, 3.63) is 97.6 Å². The second-order valence-electron chi connectivity index (χ2n) is 16.1. The summed E-state index contributed by atoms with van der Waals surface area (Å²) in [7, 11) is 1.29. The van der Waals surface area contributed by atoms with Gasteiger partial charge in [-0.1, -0.05) is 12.1 Å². The highest BCUT2D eigenvalue weighted by Crippen LogP contribution is 2.53. The lowest BCUT2D eigenvalue weighted by molar-refractivity contribution is -0.385. The number of carbonyl (C=O) groups excluding carboxylic acids is 5. The van der Waals surface area contributed by atoms with E-state index in [0.29, 0.717) is 24.6 Å². The van der Waals surface area contributed by atoms with Crippen LogP contribution in [-0.2, 0) is 30.2 Å². The summed E-state index contributed by atoms with van der Waals surface area (Å²) in [6.07, 6.45) is -3.88. The van der Waals surface area contributed by atoms with Gasteiger partial charge in [0, 0.05) is 73.3 Å². The molecule has 3 amide bonds. The Bertz CT molecular complexity index is 2560. The zero-order valence-corrected chi connectivity index (χ0v) is 34.5. The van der Waals surface area contributed by atoms with Gasteiger partial charge in [0.2, 0.25) is 5.78 Å². The number of fused-ring (bicyclic) bond motifs is 3. The van der Waals surface area contributed by atoms with Crippen LogP contribution in [0.4, 0.5) is 11.4 Å². The molecule has 0 bridgehead atoms. The zero-order valence-electron chi connectivity index (χ0n) is 34.5. The number of nitro benzene ring substituents is 1. The van der Waals surface area contributed by atoms with E-state index in [2.05, 4.69) is 10.5 Å². The smallest absolute Gasteiger partial charge is 0.282 e. The van der Waals surface area contributed by atoms with Crippen molar-refractivity contribution in [2.24, 2.45) is 5.10 Å². The fourth-order valence-corrected chi connectivity index (χ4v) is 9.19. The Morgan fingerprint density at radius 2 is 1.77 bits per heavy atom. The predicted octanol–water partition coefficient (Wildman–Crippen LogP) is 1.32. The first kappa shape index (κ1) is 44.2. The normalized spacial score (nSPS) is 27.0. The largest absolute Gasteiger partial charge is 0.507 e. The molecule has 3 aromatic carbocycles. The number of nitrogens with one attached hydrogen (secondary N) is 1. The van der Waals surface area contributed by atoms with Gasteiger partial charge in [-0.05, 0) is 32.0 Å². The molecule has 2 fully saturated rings. The number of amides is 3. The van der Waals surface area contributed by atoms with E-state index in [4.69, 9.17) is 18.9 Å². The number of phenols is 2. The molecule has 3 aliphatic heterocycles. The molecule has 6 N–H and O–H groups in total. The summed E-state index contributed by atoms with van der Waals surface area (Å²) >= 11 is 0. The van der Waals surface area contributed by atoms with Crippen molar-refractivity contribution in [3.63, 3.8) is 0 Å². The number of rotatable bonds is 10. The summed E-state index contributed by atoms with van der Waals surface area (Å²) in [6, 6.07) is 6.67. The molecule has 64 heavy (non-hydrogen) atoms. The molecule has 0 spiro atoms. The number of carbonyl (C=O) groups is 5. The number of aliphatic hydroxyl groups is 3. The van der Waals surface area contributed by atoms with Gasteiger partial charge < -0.3 is 44.5 Å². The van der Waals surface area contributed by atoms with Crippen molar-refractivity contribution in [1.29, 1.82) is 0 Å². The third kappa shape index (κ3) is 7.49. The average molecular weight is 886 g/mol. The van der Waals surface area contributed by atoms with Crippen LogP contribution >= 0.6 is 0 Å². The maximum Gasteiger partial charge on any atom is 0.282 e. The minimum atomic E-state index is -2.40. The minimum Gasteiger partial charge on any atom is -0.507 e. The predicted molar refractivity (Wildman–Crippen MR) is 219 cm³/mol. The fraction of sp³-hybridized carbons (Fsp3) is 0.395. The Labute approximate surface area is 363 Å². The number of methoxy groups -OCH3 is 1. The molecule has 3 heterocycles. The quantitative estimate of drug-likeness (QED) is 0.0430. The number of anilines is 1. The van der Waals surface area contributed by atoms with Gasteiger partial charge in [-0.25, -0.2) is 10.3 Å². The monoisotopic (exact) mass is 885 g/mol. The number of morpholine rings is 1. The number of benzene rings is 3. The zero-order chi connectivity index (χ0) is 45.9. The number of hydrogen-bond acceptors (Lipinski definition) is 18. The van der Waals surface area contributed by atoms with Gasteiger partial charge in [0.1, 0.15) is 28.4 Å². The fourth-order valence-electron chi connectivity index (χ4n) is 9.19. The summed E-state index contributed by atoms with van der Waals surface area (Å²) in [4.78, 5) is 80.5. The molecule has 3 aromatic rings. The highest BCUT2D eigenvalue weighted by molar-refractivity contribution is 6.31. The Balaban J connectivity index is 1.19. The van der Waals surface area contributed by atoms with Gasteiger partial charge in [0.15, 0.2) is 12.1 Å². The van der Waals surface area contributed by atoms with Crippen molar-refractivity contribution in [1.82, 2.24) is 10.3 Å². The molecule has 8 rings (SSSR count). The van der Waals surface area contributed by atoms with E-state index < -0.39 is 129 Å². The van der Waals surface area contributed by atoms with Crippen molar-refractivity contribution >= 4 is 46.4 Å². The van der Waals surface area contributed by atoms with Crippen molar-refractivity contribution in [2.45, 2.75) is 75.5 Å². The lowest BCUT2D eigenvalue weighted by atomic mass is 9.71. The lowest BCUT2D eigenvalue weighted by Crippen LogP contribution is -2.59. The second kappa shape index (κ2) is 16.9. The van der Waals surface area contributed by atoms with Crippen LogP contribution in [0.2, 0.25) is 0 Å². The van der Waals surface area contributed by atoms with Crippen LogP contribution in [0, 0.1) is 10.1 Å². The van der Waals surface area contributed by atoms with Crippen LogP contribution in [0.3, 0.4) is 0 Å². The molecule has 21 heteroatoms. The molecular weight excluding hydrogens is 842 g/mol. The van der Waals surface area contributed by atoms with Crippen LogP contribution in [-0.4, -0.2) is 140 Å². The number of ether oxygens (including phenoxy) is 4. The molecule has 1 unspecified atom stereocenters. The van der Waals surface area contributed by atoms with Crippen LogP contribution in [0.1, 0.15) is 86.1 Å². The number of ketones is 2. The molecule has 0 aromatic heterocycles. The van der Waals surface area contributed by atoms with E-state index in [1.165, 1.54) is 25.3 Å². The van der Waals surface area contributed by atoms with E-state index in [9.17, 15) is 59.6 Å². The number of nitro groups is 1. The molecular formula is C43H43N5O16. The van der Waals surface area contributed by atoms with Crippen molar-refractivity contribution < 1.29 is 73.4 Å². The van der Waals surface area contributed by atoms with Gasteiger partial charge >= 0.3 is 0 Å². The Hall–Kier alpha value is -6.46. The molecule has 5 aliphatic rings. The summed E-state index contributed by atoms with van der Waals surface area (Å²) in [6.45, 7) is 3.82. The van der Waals surface area contributed by atoms with Crippen LogP contribution in [0.25, 0.3) is 0 Å². The highest BCUT2D eigenvalue weighted by Gasteiger charge is 2.50. The number of hydrogen-bond donors (Lipinski definition) is 6. The van der Waals surface area contributed by atoms with Gasteiger partial charge in [0.25, 0.3) is 23.4 Å².